The number of thioether (sulfide) groups is 1. The van der Waals surface area contributed by atoms with Crippen LogP contribution in [0.1, 0.15) is 17.5 Å². The van der Waals surface area contributed by atoms with Gasteiger partial charge in [0.2, 0.25) is 0 Å². The van der Waals surface area contributed by atoms with Crippen LogP contribution in [0.5, 0.6) is 5.75 Å². The third kappa shape index (κ3) is 6.84. The normalized spacial score (nSPS) is 15.3. The minimum atomic E-state index is -4.74. The number of hydrogen-bond acceptors (Lipinski definition) is 7. The Kier molecular flexibility index (Phi) is 7.94. The van der Waals surface area contributed by atoms with Gasteiger partial charge in [0.15, 0.2) is 11.0 Å². The van der Waals surface area contributed by atoms with Crippen molar-refractivity contribution >= 4 is 28.8 Å². The van der Waals surface area contributed by atoms with Crippen molar-refractivity contribution in [1.29, 1.82) is 0 Å². The second-order valence-electron chi connectivity index (χ2n) is 8.49. The number of rotatable bonds is 7. The number of alkyl halides is 3. The van der Waals surface area contributed by atoms with Crippen molar-refractivity contribution < 1.29 is 23.0 Å². The fourth-order valence-electron chi connectivity index (χ4n) is 3.89. The molecule has 8 nitrogen and oxygen atoms in total. The first-order valence-corrected chi connectivity index (χ1v) is 13.0. The molecule has 1 aliphatic rings. The van der Waals surface area contributed by atoms with E-state index >= 15 is 0 Å². The van der Waals surface area contributed by atoms with Gasteiger partial charge in [-0.2, -0.15) is 5.10 Å². The summed E-state index contributed by atoms with van der Waals surface area (Å²) in [5.41, 5.74) is 3.98. The molecular formula is C27H23F3N6O2S. The van der Waals surface area contributed by atoms with Crippen molar-refractivity contribution in [2.45, 2.75) is 19.4 Å². The standard InChI is InChI=1S/C27H23F3N6O2S/c28-27(29,30)38-24-11-9-22(10-12-24)36-18-31-25(34-36)21-7-5-19(6-8-21)16-32-33-26-35(13-2-14-39-26)23-4-1-3-20(15-23)17-37/h1,3-12,15-16,18,37H,2,13-14,17H2/b32-16+,33-26-. The maximum absolute atomic E-state index is 12.4. The van der Waals surface area contributed by atoms with E-state index in [-0.39, 0.29) is 12.4 Å². The van der Waals surface area contributed by atoms with Gasteiger partial charge in [0.25, 0.3) is 0 Å². The summed E-state index contributed by atoms with van der Waals surface area (Å²) in [6, 6.07) is 20.6. The molecule has 0 spiro atoms. The summed E-state index contributed by atoms with van der Waals surface area (Å²) in [7, 11) is 0. The molecule has 2 heterocycles. The average Bonchev–Trinajstić information content (AvgIpc) is 3.44. The minimum absolute atomic E-state index is 0.0148. The van der Waals surface area contributed by atoms with Crippen LogP contribution in [0.15, 0.2) is 89.3 Å². The monoisotopic (exact) mass is 552 g/mol. The lowest BCUT2D eigenvalue weighted by Gasteiger charge is -2.29. The van der Waals surface area contributed by atoms with Crippen molar-refractivity contribution in [3.8, 4) is 22.8 Å². The quantitative estimate of drug-likeness (QED) is 0.235. The third-order valence-corrected chi connectivity index (χ3v) is 6.79. The largest absolute Gasteiger partial charge is 0.573 e. The number of amidine groups is 1. The number of anilines is 1. The Morgan fingerprint density at radius 1 is 1.03 bits per heavy atom. The Morgan fingerprint density at radius 3 is 2.56 bits per heavy atom. The lowest BCUT2D eigenvalue weighted by atomic mass is 10.1. The lowest BCUT2D eigenvalue weighted by Crippen LogP contribution is -2.33. The first-order valence-electron chi connectivity index (χ1n) is 12.0. The highest BCUT2D eigenvalue weighted by molar-refractivity contribution is 8.14. The van der Waals surface area contributed by atoms with Crippen LogP contribution in [0.2, 0.25) is 0 Å². The van der Waals surface area contributed by atoms with E-state index in [1.54, 1.807) is 18.0 Å². The van der Waals surface area contributed by atoms with Crippen LogP contribution >= 0.6 is 11.8 Å². The van der Waals surface area contributed by atoms with Crippen molar-refractivity contribution in [2.75, 3.05) is 17.2 Å². The molecule has 1 aromatic heterocycles. The molecule has 0 atom stereocenters. The van der Waals surface area contributed by atoms with Crippen molar-refractivity contribution in [3.05, 3.63) is 90.3 Å². The third-order valence-electron chi connectivity index (χ3n) is 5.74. The van der Waals surface area contributed by atoms with E-state index in [4.69, 9.17) is 0 Å². The molecule has 12 heteroatoms. The van der Waals surface area contributed by atoms with E-state index in [1.807, 2.05) is 48.5 Å². The Morgan fingerprint density at radius 2 is 1.82 bits per heavy atom. The Labute approximate surface area is 226 Å². The maximum Gasteiger partial charge on any atom is 0.573 e. The molecule has 39 heavy (non-hydrogen) atoms. The molecule has 0 amide bonds. The van der Waals surface area contributed by atoms with Crippen LogP contribution in [0, 0.1) is 0 Å². The van der Waals surface area contributed by atoms with Gasteiger partial charge in [-0.15, -0.1) is 23.4 Å². The number of aliphatic hydroxyl groups excluding tert-OH is 1. The molecule has 0 unspecified atom stereocenters. The van der Waals surface area contributed by atoms with Crippen molar-refractivity contribution in [2.24, 2.45) is 10.2 Å². The molecule has 0 bridgehead atoms. The SMILES string of the molecule is OCc1cccc(N2CCCS/C2=N\N=C\c2ccc(-c3ncn(-c4ccc(OC(F)(F)F)cc4)n3)cc2)c1. The summed E-state index contributed by atoms with van der Waals surface area (Å²) >= 11 is 1.64. The molecular weight excluding hydrogens is 529 g/mol. The lowest BCUT2D eigenvalue weighted by molar-refractivity contribution is -0.274. The summed E-state index contributed by atoms with van der Waals surface area (Å²) in [4.78, 5) is 6.41. The number of aromatic nitrogens is 3. The number of hydrogen-bond donors (Lipinski definition) is 1. The van der Waals surface area contributed by atoms with E-state index in [1.165, 1.54) is 35.3 Å². The molecule has 3 aromatic carbocycles. The van der Waals surface area contributed by atoms with Crippen molar-refractivity contribution in [3.63, 3.8) is 0 Å². The number of ether oxygens (including phenoxy) is 1. The Bertz CT molecular complexity index is 1470. The highest BCUT2D eigenvalue weighted by atomic mass is 32.2. The van der Waals surface area contributed by atoms with Crippen LogP contribution in [0.3, 0.4) is 0 Å². The molecule has 1 saturated heterocycles. The predicted octanol–water partition coefficient (Wildman–Crippen LogP) is 5.66. The van der Waals surface area contributed by atoms with Gasteiger partial charge in [0, 0.05) is 23.5 Å². The van der Waals surface area contributed by atoms with E-state index in [2.05, 4.69) is 29.9 Å². The summed E-state index contributed by atoms with van der Waals surface area (Å²) in [5, 5.41) is 23.4. The first-order chi connectivity index (χ1) is 18.9. The molecule has 4 aromatic rings. The number of nitrogens with zero attached hydrogens (tertiary/aromatic N) is 6. The van der Waals surface area contributed by atoms with Crippen LogP contribution < -0.4 is 9.64 Å². The highest BCUT2D eigenvalue weighted by Crippen LogP contribution is 2.26. The van der Waals surface area contributed by atoms with Crippen molar-refractivity contribution in [1.82, 2.24) is 14.8 Å². The van der Waals surface area contributed by atoms with E-state index in [0.717, 1.165) is 46.3 Å². The van der Waals surface area contributed by atoms with E-state index in [9.17, 15) is 18.3 Å². The molecule has 1 aliphatic heterocycles. The summed E-state index contributed by atoms with van der Waals surface area (Å²) < 4.78 is 42.5. The van der Waals surface area contributed by atoms with Gasteiger partial charge in [-0.05, 0) is 53.9 Å². The second kappa shape index (κ2) is 11.7. The molecule has 1 N–H and O–H groups in total. The fourth-order valence-corrected chi connectivity index (χ4v) is 4.80. The Balaban J connectivity index is 1.25. The van der Waals surface area contributed by atoms with Crippen LogP contribution in [-0.4, -0.2) is 49.9 Å². The summed E-state index contributed by atoms with van der Waals surface area (Å²) in [5.74, 6) is 1.12. The fraction of sp³-hybridized carbons (Fsp3) is 0.185. The summed E-state index contributed by atoms with van der Waals surface area (Å²) in [6.45, 7) is 0.815. The second-order valence-corrected chi connectivity index (χ2v) is 9.55. The average molecular weight is 553 g/mol. The minimum Gasteiger partial charge on any atom is -0.406 e. The zero-order valence-corrected chi connectivity index (χ0v) is 21.3. The number of halogens is 3. The topological polar surface area (TPSA) is 88.1 Å². The first kappa shape index (κ1) is 26.4. The molecule has 1 fully saturated rings. The van der Waals surface area contributed by atoms with Gasteiger partial charge in [-0.3, -0.25) is 0 Å². The predicted molar refractivity (Wildman–Crippen MR) is 145 cm³/mol. The molecule has 0 saturated carbocycles. The van der Waals surface area contributed by atoms with Gasteiger partial charge >= 0.3 is 6.36 Å². The Hall–Kier alpha value is -4.16. The van der Waals surface area contributed by atoms with Gasteiger partial charge in [-0.25, -0.2) is 9.67 Å². The van der Waals surface area contributed by atoms with E-state index in [0.29, 0.717) is 11.5 Å². The smallest absolute Gasteiger partial charge is 0.406 e. The molecule has 200 valence electrons. The van der Waals surface area contributed by atoms with Crippen LogP contribution in [0.4, 0.5) is 18.9 Å². The molecule has 0 radical (unpaired) electrons. The zero-order chi connectivity index (χ0) is 27.2. The zero-order valence-electron chi connectivity index (χ0n) is 20.5. The maximum atomic E-state index is 12.4. The number of benzene rings is 3. The van der Waals surface area contributed by atoms with Gasteiger partial charge in [-0.1, -0.05) is 48.2 Å². The highest BCUT2D eigenvalue weighted by Gasteiger charge is 2.31. The van der Waals surface area contributed by atoms with Gasteiger partial charge in [0.05, 0.1) is 18.5 Å². The van der Waals surface area contributed by atoms with Gasteiger partial charge < -0.3 is 14.7 Å². The van der Waals surface area contributed by atoms with E-state index < -0.39 is 6.36 Å². The number of aliphatic hydroxyl groups is 1. The molecule has 5 rings (SSSR count). The molecule has 0 aliphatic carbocycles. The van der Waals surface area contributed by atoms with Gasteiger partial charge in [0.1, 0.15) is 12.1 Å². The van der Waals surface area contributed by atoms with Crippen LogP contribution in [-0.2, 0) is 6.61 Å². The van der Waals surface area contributed by atoms with Crippen LogP contribution in [0.25, 0.3) is 17.1 Å². The summed E-state index contributed by atoms with van der Waals surface area (Å²) in [6.07, 6.45) is -0.552.